The number of rotatable bonds is 7. The molecule has 1 aromatic heterocycles. The van der Waals surface area contributed by atoms with Gasteiger partial charge in [0.25, 0.3) is 0 Å². The van der Waals surface area contributed by atoms with Crippen molar-refractivity contribution < 1.29 is 27.3 Å². The lowest BCUT2D eigenvalue weighted by Crippen LogP contribution is -2.33. The fourth-order valence-corrected chi connectivity index (χ4v) is 3.11. The van der Waals surface area contributed by atoms with Crippen LogP contribution < -0.4 is 0 Å². The SMILES string of the molecule is CC(=O)c1ccc(S(=O)(=O)N(C)CC(=O)OCc2cc(C)on2)cc1. The van der Waals surface area contributed by atoms with Crippen LogP contribution in [0.1, 0.15) is 28.7 Å². The average Bonchev–Trinajstić information content (AvgIpc) is 2.98. The van der Waals surface area contributed by atoms with Gasteiger partial charge in [0.15, 0.2) is 5.78 Å². The molecule has 0 saturated carbocycles. The maximum Gasteiger partial charge on any atom is 0.321 e. The highest BCUT2D eigenvalue weighted by molar-refractivity contribution is 7.89. The van der Waals surface area contributed by atoms with Crippen molar-refractivity contribution in [3.8, 4) is 0 Å². The number of carbonyl (C=O) groups excluding carboxylic acids is 2. The van der Waals surface area contributed by atoms with Gasteiger partial charge in [0.1, 0.15) is 24.6 Å². The van der Waals surface area contributed by atoms with Crippen molar-refractivity contribution in [3.05, 3.63) is 47.3 Å². The number of hydrogen-bond acceptors (Lipinski definition) is 7. The molecule has 0 spiro atoms. The molecule has 8 nitrogen and oxygen atoms in total. The first kappa shape index (κ1) is 18.8. The summed E-state index contributed by atoms with van der Waals surface area (Å²) in [5.41, 5.74) is 0.847. The third-order valence-corrected chi connectivity index (χ3v) is 5.20. The van der Waals surface area contributed by atoms with Gasteiger partial charge in [0.05, 0.1) is 4.90 Å². The fraction of sp³-hybridized carbons (Fsp3) is 0.312. The normalized spacial score (nSPS) is 11.5. The minimum absolute atomic E-state index is 0.0140. The number of hydrogen-bond donors (Lipinski definition) is 0. The van der Waals surface area contributed by atoms with Gasteiger partial charge >= 0.3 is 5.97 Å². The summed E-state index contributed by atoms with van der Waals surface area (Å²) in [5.74, 6) is -0.296. The van der Waals surface area contributed by atoms with Crippen LogP contribution in [0.2, 0.25) is 0 Å². The van der Waals surface area contributed by atoms with E-state index in [4.69, 9.17) is 9.26 Å². The van der Waals surface area contributed by atoms with Crippen molar-refractivity contribution in [2.75, 3.05) is 13.6 Å². The molecule has 134 valence electrons. The molecule has 0 fully saturated rings. The van der Waals surface area contributed by atoms with Gasteiger partial charge in [0.2, 0.25) is 10.0 Å². The summed E-state index contributed by atoms with van der Waals surface area (Å²) in [7, 11) is -2.59. The fourth-order valence-electron chi connectivity index (χ4n) is 1.99. The molecule has 1 aromatic carbocycles. The molecule has 0 amide bonds. The van der Waals surface area contributed by atoms with Crippen LogP contribution in [0.25, 0.3) is 0 Å². The van der Waals surface area contributed by atoms with Gasteiger partial charge < -0.3 is 9.26 Å². The summed E-state index contributed by atoms with van der Waals surface area (Å²) in [5, 5.41) is 3.67. The average molecular weight is 366 g/mol. The molecule has 25 heavy (non-hydrogen) atoms. The predicted octanol–water partition coefficient (Wildman–Crippen LogP) is 1.55. The van der Waals surface area contributed by atoms with Crippen molar-refractivity contribution in [1.82, 2.24) is 9.46 Å². The molecule has 0 bridgehead atoms. The van der Waals surface area contributed by atoms with Crippen LogP contribution >= 0.6 is 0 Å². The van der Waals surface area contributed by atoms with E-state index in [1.165, 1.54) is 38.2 Å². The summed E-state index contributed by atoms with van der Waals surface area (Å²) in [4.78, 5) is 23.1. The number of ketones is 1. The lowest BCUT2D eigenvalue weighted by molar-refractivity contribution is -0.145. The van der Waals surface area contributed by atoms with Gasteiger partial charge in [-0.1, -0.05) is 17.3 Å². The van der Waals surface area contributed by atoms with Crippen molar-refractivity contribution in [2.45, 2.75) is 25.3 Å². The minimum atomic E-state index is -3.87. The largest absolute Gasteiger partial charge is 0.458 e. The summed E-state index contributed by atoms with van der Waals surface area (Å²) < 4.78 is 35.6. The van der Waals surface area contributed by atoms with E-state index in [0.29, 0.717) is 17.0 Å². The lowest BCUT2D eigenvalue weighted by atomic mass is 10.2. The number of esters is 1. The molecule has 1 heterocycles. The van der Waals surface area contributed by atoms with E-state index in [-0.39, 0.29) is 17.3 Å². The second-order valence-corrected chi connectivity index (χ2v) is 7.48. The van der Waals surface area contributed by atoms with Gasteiger partial charge in [-0.25, -0.2) is 8.42 Å². The summed E-state index contributed by atoms with van der Waals surface area (Å²) >= 11 is 0. The van der Waals surface area contributed by atoms with E-state index in [1.807, 2.05) is 0 Å². The maximum atomic E-state index is 12.4. The highest BCUT2D eigenvalue weighted by Crippen LogP contribution is 2.15. The molecular weight excluding hydrogens is 348 g/mol. The predicted molar refractivity (Wildman–Crippen MR) is 87.3 cm³/mol. The van der Waals surface area contributed by atoms with E-state index in [2.05, 4.69) is 5.16 Å². The van der Waals surface area contributed by atoms with Crippen LogP contribution in [0.5, 0.6) is 0 Å². The molecule has 0 atom stereocenters. The van der Waals surface area contributed by atoms with Crippen molar-refractivity contribution in [2.24, 2.45) is 0 Å². The zero-order valence-electron chi connectivity index (χ0n) is 14.1. The maximum absolute atomic E-state index is 12.4. The Morgan fingerprint density at radius 1 is 1.24 bits per heavy atom. The number of aryl methyl sites for hydroxylation is 1. The Balaban J connectivity index is 1.98. The number of Topliss-reactive ketones (excluding diaryl/α,β-unsaturated/α-hetero) is 1. The highest BCUT2D eigenvalue weighted by Gasteiger charge is 2.23. The standard InChI is InChI=1S/C16H18N2O6S/c1-11-8-14(17-24-11)10-23-16(20)9-18(3)25(21,22)15-6-4-13(5-7-15)12(2)19/h4-8H,9-10H2,1-3H3. The Morgan fingerprint density at radius 3 is 2.40 bits per heavy atom. The van der Waals surface area contributed by atoms with Crippen LogP contribution in [-0.2, 0) is 26.2 Å². The van der Waals surface area contributed by atoms with E-state index < -0.39 is 22.5 Å². The van der Waals surface area contributed by atoms with Gasteiger partial charge in [-0.3, -0.25) is 9.59 Å². The second kappa shape index (κ2) is 7.58. The summed E-state index contributed by atoms with van der Waals surface area (Å²) in [6.07, 6.45) is 0. The van der Waals surface area contributed by atoms with Crippen molar-refractivity contribution in [3.63, 3.8) is 0 Å². The third kappa shape index (κ3) is 4.74. The number of ether oxygens (including phenoxy) is 1. The first-order valence-corrected chi connectivity index (χ1v) is 8.79. The van der Waals surface area contributed by atoms with Crippen LogP contribution in [0.3, 0.4) is 0 Å². The van der Waals surface area contributed by atoms with Gasteiger partial charge in [-0.05, 0) is 26.0 Å². The molecule has 9 heteroatoms. The molecule has 0 unspecified atom stereocenters. The van der Waals surface area contributed by atoms with E-state index >= 15 is 0 Å². The van der Waals surface area contributed by atoms with Gasteiger partial charge in [-0.15, -0.1) is 0 Å². The molecule has 0 aliphatic carbocycles. The zero-order chi connectivity index (χ0) is 18.6. The van der Waals surface area contributed by atoms with Crippen LogP contribution in [-0.4, -0.2) is 43.2 Å². The van der Waals surface area contributed by atoms with E-state index in [0.717, 1.165) is 4.31 Å². The van der Waals surface area contributed by atoms with Gasteiger partial charge in [0, 0.05) is 18.7 Å². The smallest absolute Gasteiger partial charge is 0.321 e. The Bertz CT molecular complexity index is 870. The first-order valence-electron chi connectivity index (χ1n) is 7.35. The molecule has 2 aromatic rings. The van der Waals surface area contributed by atoms with Crippen molar-refractivity contribution in [1.29, 1.82) is 0 Å². The Hall–Kier alpha value is -2.52. The summed E-state index contributed by atoms with van der Waals surface area (Å²) in [6, 6.07) is 7.12. The zero-order valence-corrected chi connectivity index (χ0v) is 14.9. The molecule has 0 aliphatic heterocycles. The third-order valence-electron chi connectivity index (χ3n) is 3.38. The number of nitrogens with zero attached hydrogens (tertiary/aromatic N) is 2. The topological polar surface area (TPSA) is 107 Å². The molecule has 2 rings (SSSR count). The quantitative estimate of drug-likeness (QED) is 0.540. The molecule has 0 saturated heterocycles. The number of likely N-dealkylation sites (N-methyl/N-ethyl adjacent to an activating group) is 1. The molecule has 0 aliphatic rings. The van der Waals surface area contributed by atoms with Crippen LogP contribution in [0.4, 0.5) is 0 Å². The second-order valence-electron chi connectivity index (χ2n) is 5.43. The number of benzene rings is 1. The Kier molecular flexibility index (Phi) is 5.70. The van der Waals surface area contributed by atoms with Gasteiger partial charge in [-0.2, -0.15) is 4.31 Å². The van der Waals surface area contributed by atoms with Crippen molar-refractivity contribution >= 4 is 21.8 Å². The van der Waals surface area contributed by atoms with Crippen LogP contribution in [0.15, 0.2) is 39.8 Å². The van der Waals surface area contributed by atoms with E-state index in [9.17, 15) is 18.0 Å². The minimum Gasteiger partial charge on any atom is -0.458 e. The summed E-state index contributed by atoms with van der Waals surface area (Å²) in [6.45, 7) is 2.54. The Morgan fingerprint density at radius 2 is 1.88 bits per heavy atom. The van der Waals surface area contributed by atoms with Crippen LogP contribution in [0, 0.1) is 6.92 Å². The first-order chi connectivity index (χ1) is 11.7. The Labute approximate surface area is 145 Å². The highest BCUT2D eigenvalue weighted by atomic mass is 32.2. The number of carbonyl (C=O) groups is 2. The molecular formula is C16H18N2O6S. The number of sulfonamides is 1. The monoisotopic (exact) mass is 366 g/mol. The molecule has 0 radical (unpaired) electrons. The van der Waals surface area contributed by atoms with E-state index in [1.54, 1.807) is 13.0 Å². The molecule has 0 N–H and O–H groups in total. The number of aromatic nitrogens is 1. The lowest BCUT2D eigenvalue weighted by Gasteiger charge is -2.16.